The van der Waals surface area contributed by atoms with Crippen molar-refractivity contribution in [3.8, 4) is 0 Å². The summed E-state index contributed by atoms with van der Waals surface area (Å²) < 4.78 is 0. The highest BCUT2D eigenvalue weighted by Crippen LogP contribution is 2.01. The zero-order chi connectivity index (χ0) is 10.9. The van der Waals surface area contributed by atoms with Crippen molar-refractivity contribution in [1.82, 2.24) is 5.32 Å². The molecule has 0 bridgehead atoms. The Balaban J connectivity index is 2.07. The standard InChI is InChI=1S/C13H21NO/c1-2-6-13(15)9-10-14-11-12-7-4-3-5-8-12/h3-5,7-8,13-15H,2,6,9-11H2,1H3. The van der Waals surface area contributed by atoms with E-state index in [9.17, 15) is 5.11 Å². The number of hydrogen-bond acceptors (Lipinski definition) is 2. The lowest BCUT2D eigenvalue weighted by Gasteiger charge is -2.09. The molecule has 15 heavy (non-hydrogen) atoms. The van der Waals surface area contributed by atoms with Crippen molar-refractivity contribution >= 4 is 0 Å². The number of hydrogen-bond donors (Lipinski definition) is 2. The van der Waals surface area contributed by atoms with Crippen molar-refractivity contribution in [2.75, 3.05) is 6.54 Å². The maximum atomic E-state index is 9.51. The molecular formula is C13H21NO. The summed E-state index contributed by atoms with van der Waals surface area (Å²) in [5.41, 5.74) is 1.29. The van der Waals surface area contributed by atoms with E-state index in [1.807, 2.05) is 18.2 Å². The largest absolute Gasteiger partial charge is 0.393 e. The molecule has 0 aliphatic rings. The molecule has 2 nitrogen and oxygen atoms in total. The minimum absolute atomic E-state index is 0.140. The molecule has 1 aromatic rings. The first kappa shape index (κ1) is 12.2. The third kappa shape index (κ3) is 5.55. The van der Waals surface area contributed by atoms with Gasteiger partial charge in [-0.05, 0) is 24.9 Å². The summed E-state index contributed by atoms with van der Waals surface area (Å²) in [7, 11) is 0. The van der Waals surface area contributed by atoms with Crippen molar-refractivity contribution in [2.45, 2.75) is 38.8 Å². The van der Waals surface area contributed by atoms with Gasteiger partial charge in [-0.2, -0.15) is 0 Å². The van der Waals surface area contributed by atoms with E-state index in [0.717, 1.165) is 32.4 Å². The lowest BCUT2D eigenvalue weighted by Crippen LogP contribution is -2.20. The molecule has 84 valence electrons. The summed E-state index contributed by atoms with van der Waals surface area (Å²) in [5, 5.41) is 12.8. The third-order valence-electron chi connectivity index (χ3n) is 2.45. The minimum atomic E-state index is -0.140. The maximum Gasteiger partial charge on any atom is 0.0552 e. The van der Waals surface area contributed by atoms with E-state index in [2.05, 4.69) is 24.4 Å². The van der Waals surface area contributed by atoms with Crippen LogP contribution in [0, 0.1) is 0 Å². The van der Waals surface area contributed by atoms with Crippen LogP contribution in [-0.2, 0) is 6.54 Å². The topological polar surface area (TPSA) is 32.3 Å². The van der Waals surface area contributed by atoms with Crippen LogP contribution in [0.25, 0.3) is 0 Å². The van der Waals surface area contributed by atoms with Crippen LogP contribution in [0.1, 0.15) is 31.7 Å². The molecule has 0 aliphatic heterocycles. The maximum absolute atomic E-state index is 9.51. The highest BCUT2D eigenvalue weighted by Gasteiger charge is 2.01. The second kappa shape index (κ2) is 7.43. The van der Waals surface area contributed by atoms with E-state index in [1.54, 1.807) is 0 Å². The Kier molecular flexibility index (Phi) is 6.05. The summed E-state index contributed by atoms with van der Waals surface area (Å²) in [4.78, 5) is 0. The molecule has 1 aromatic carbocycles. The highest BCUT2D eigenvalue weighted by atomic mass is 16.3. The van der Waals surface area contributed by atoms with Gasteiger partial charge in [0.05, 0.1) is 6.10 Å². The van der Waals surface area contributed by atoms with Gasteiger partial charge in [-0.3, -0.25) is 0 Å². The molecule has 0 heterocycles. The van der Waals surface area contributed by atoms with Gasteiger partial charge < -0.3 is 10.4 Å². The Labute approximate surface area is 92.3 Å². The Morgan fingerprint density at radius 1 is 1.20 bits per heavy atom. The molecule has 0 amide bonds. The lowest BCUT2D eigenvalue weighted by atomic mass is 10.1. The van der Waals surface area contributed by atoms with Crippen LogP contribution in [-0.4, -0.2) is 17.8 Å². The normalized spacial score (nSPS) is 12.7. The van der Waals surface area contributed by atoms with Crippen molar-refractivity contribution in [3.05, 3.63) is 35.9 Å². The fourth-order valence-electron chi connectivity index (χ4n) is 1.57. The molecule has 2 N–H and O–H groups in total. The quantitative estimate of drug-likeness (QED) is 0.673. The van der Waals surface area contributed by atoms with Gasteiger partial charge in [-0.1, -0.05) is 43.7 Å². The fraction of sp³-hybridized carbons (Fsp3) is 0.538. The van der Waals surface area contributed by atoms with Gasteiger partial charge in [0, 0.05) is 6.54 Å². The van der Waals surface area contributed by atoms with Gasteiger partial charge in [-0.25, -0.2) is 0 Å². The van der Waals surface area contributed by atoms with Crippen LogP contribution in [0.3, 0.4) is 0 Å². The lowest BCUT2D eigenvalue weighted by molar-refractivity contribution is 0.153. The summed E-state index contributed by atoms with van der Waals surface area (Å²) in [6, 6.07) is 10.3. The molecule has 1 rings (SSSR count). The number of benzene rings is 1. The Morgan fingerprint density at radius 2 is 1.93 bits per heavy atom. The van der Waals surface area contributed by atoms with E-state index in [0.29, 0.717) is 0 Å². The number of nitrogens with one attached hydrogen (secondary N) is 1. The molecule has 0 radical (unpaired) electrons. The molecule has 0 aliphatic carbocycles. The Hall–Kier alpha value is -0.860. The van der Waals surface area contributed by atoms with Gasteiger partial charge >= 0.3 is 0 Å². The number of aliphatic hydroxyl groups is 1. The first-order chi connectivity index (χ1) is 7.33. The molecule has 0 saturated heterocycles. The van der Waals surface area contributed by atoms with Crippen LogP contribution in [0.4, 0.5) is 0 Å². The average molecular weight is 207 g/mol. The summed E-state index contributed by atoms with van der Waals surface area (Å²) >= 11 is 0. The second-order valence-corrected chi connectivity index (χ2v) is 3.89. The summed E-state index contributed by atoms with van der Waals surface area (Å²) in [6.45, 7) is 3.87. The SMILES string of the molecule is CCCC(O)CCNCc1ccccc1. The monoisotopic (exact) mass is 207 g/mol. The Bertz CT molecular complexity index is 248. The van der Waals surface area contributed by atoms with Crippen molar-refractivity contribution in [2.24, 2.45) is 0 Å². The fourth-order valence-corrected chi connectivity index (χ4v) is 1.57. The molecule has 0 spiro atoms. The van der Waals surface area contributed by atoms with Crippen LogP contribution < -0.4 is 5.32 Å². The van der Waals surface area contributed by atoms with Crippen molar-refractivity contribution in [1.29, 1.82) is 0 Å². The minimum Gasteiger partial charge on any atom is -0.393 e. The van der Waals surface area contributed by atoms with Crippen LogP contribution >= 0.6 is 0 Å². The first-order valence-electron chi connectivity index (χ1n) is 5.75. The van der Waals surface area contributed by atoms with Gasteiger partial charge in [0.15, 0.2) is 0 Å². The predicted molar refractivity (Wildman–Crippen MR) is 63.7 cm³/mol. The van der Waals surface area contributed by atoms with Gasteiger partial charge in [0.2, 0.25) is 0 Å². The van der Waals surface area contributed by atoms with Crippen molar-refractivity contribution < 1.29 is 5.11 Å². The van der Waals surface area contributed by atoms with Crippen molar-refractivity contribution in [3.63, 3.8) is 0 Å². The van der Waals surface area contributed by atoms with E-state index in [1.165, 1.54) is 5.56 Å². The van der Waals surface area contributed by atoms with Gasteiger partial charge in [0.1, 0.15) is 0 Å². The van der Waals surface area contributed by atoms with Crippen LogP contribution in [0.2, 0.25) is 0 Å². The molecule has 0 fully saturated rings. The molecule has 0 aromatic heterocycles. The molecule has 0 saturated carbocycles. The van der Waals surface area contributed by atoms with E-state index >= 15 is 0 Å². The highest BCUT2D eigenvalue weighted by molar-refractivity contribution is 5.14. The first-order valence-corrected chi connectivity index (χ1v) is 5.75. The second-order valence-electron chi connectivity index (χ2n) is 3.89. The van der Waals surface area contributed by atoms with Gasteiger partial charge in [-0.15, -0.1) is 0 Å². The Morgan fingerprint density at radius 3 is 2.60 bits per heavy atom. The molecular weight excluding hydrogens is 186 g/mol. The molecule has 2 heteroatoms. The van der Waals surface area contributed by atoms with E-state index in [4.69, 9.17) is 0 Å². The summed E-state index contributed by atoms with van der Waals surface area (Å²) in [5.74, 6) is 0. The number of rotatable bonds is 7. The van der Waals surface area contributed by atoms with Gasteiger partial charge in [0.25, 0.3) is 0 Å². The van der Waals surface area contributed by atoms with Crippen LogP contribution in [0.15, 0.2) is 30.3 Å². The predicted octanol–water partition coefficient (Wildman–Crippen LogP) is 2.33. The molecule has 1 unspecified atom stereocenters. The molecule has 1 atom stereocenters. The summed E-state index contributed by atoms with van der Waals surface area (Å²) in [6.07, 6.45) is 2.67. The number of aliphatic hydroxyl groups excluding tert-OH is 1. The zero-order valence-corrected chi connectivity index (χ0v) is 9.45. The smallest absolute Gasteiger partial charge is 0.0552 e. The zero-order valence-electron chi connectivity index (χ0n) is 9.45. The van der Waals surface area contributed by atoms with Crippen LogP contribution in [0.5, 0.6) is 0 Å². The third-order valence-corrected chi connectivity index (χ3v) is 2.45. The van der Waals surface area contributed by atoms with E-state index in [-0.39, 0.29) is 6.10 Å². The average Bonchev–Trinajstić information content (AvgIpc) is 2.26. The van der Waals surface area contributed by atoms with E-state index < -0.39 is 0 Å².